The number of benzene rings is 1. The van der Waals surface area contributed by atoms with Crippen molar-refractivity contribution < 1.29 is 32.6 Å². The third kappa shape index (κ3) is 6.10. The highest BCUT2D eigenvalue weighted by Crippen LogP contribution is 2.28. The van der Waals surface area contributed by atoms with Crippen molar-refractivity contribution in [3.05, 3.63) is 54.1 Å². The predicted octanol–water partition coefficient (Wildman–Crippen LogP) is 3.37. The Morgan fingerprint density at radius 2 is 1.92 bits per heavy atom. The van der Waals surface area contributed by atoms with Crippen molar-refractivity contribution in [3.63, 3.8) is 0 Å². The van der Waals surface area contributed by atoms with E-state index in [0.717, 1.165) is 12.6 Å². The molecule has 1 atom stereocenters. The first-order valence-electron chi connectivity index (χ1n) is 11.1. The summed E-state index contributed by atoms with van der Waals surface area (Å²) in [6.45, 7) is 0.645. The first-order chi connectivity index (χ1) is 17.3. The van der Waals surface area contributed by atoms with Gasteiger partial charge in [0.25, 0.3) is 11.8 Å². The zero-order valence-corrected chi connectivity index (χ0v) is 19.6. The van der Waals surface area contributed by atoms with E-state index in [-0.39, 0.29) is 40.7 Å². The Labute approximate surface area is 205 Å². The van der Waals surface area contributed by atoms with Gasteiger partial charge in [0.1, 0.15) is 23.3 Å². The van der Waals surface area contributed by atoms with Gasteiger partial charge in [-0.2, -0.15) is 13.9 Å². The van der Waals surface area contributed by atoms with Crippen molar-refractivity contribution in [2.45, 2.75) is 26.0 Å². The zero-order valence-electron chi connectivity index (χ0n) is 19.6. The van der Waals surface area contributed by atoms with Gasteiger partial charge in [-0.05, 0) is 25.5 Å². The summed E-state index contributed by atoms with van der Waals surface area (Å²) < 4.78 is 42.6. The van der Waals surface area contributed by atoms with Crippen molar-refractivity contribution in [1.82, 2.24) is 24.6 Å². The number of anilines is 1. The topological polar surface area (TPSA) is 121 Å². The number of methoxy groups -OCH3 is 1. The fourth-order valence-electron chi connectivity index (χ4n) is 3.31. The van der Waals surface area contributed by atoms with Crippen molar-refractivity contribution in [1.29, 1.82) is 0 Å². The average Bonchev–Trinajstić information content (AvgIpc) is 3.27. The van der Waals surface area contributed by atoms with Gasteiger partial charge in [-0.3, -0.25) is 9.59 Å². The average molecular weight is 502 g/mol. The lowest BCUT2D eigenvalue weighted by atomic mass is 10.2. The summed E-state index contributed by atoms with van der Waals surface area (Å²) >= 11 is 0. The van der Waals surface area contributed by atoms with Crippen molar-refractivity contribution in [2.75, 3.05) is 32.1 Å². The Bertz CT molecular complexity index is 1220. The van der Waals surface area contributed by atoms with Crippen LogP contribution in [0.2, 0.25) is 0 Å². The summed E-state index contributed by atoms with van der Waals surface area (Å²) in [5, 5.41) is 6.07. The van der Waals surface area contributed by atoms with Crippen molar-refractivity contribution in [2.24, 2.45) is 0 Å². The van der Waals surface area contributed by atoms with Gasteiger partial charge in [0, 0.05) is 44.1 Å². The smallest absolute Gasteiger partial charge is 0.333 e. The molecule has 13 heteroatoms. The van der Waals surface area contributed by atoms with Gasteiger partial charge in [0.2, 0.25) is 5.88 Å². The summed E-state index contributed by atoms with van der Waals surface area (Å²) in [5.74, 6) is -0.259. The van der Waals surface area contributed by atoms with E-state index in [1.165, 1.54) is 37.7 Å². The molecule has 1 aromatic carbocycles. The third-order valence-electron chi connectivity index (χ3n) is 5.14. The largest absolute Gasteiger partial charge is 0.488 e. The Hall–Kier alpha value is -4.13. The second kappa shape index (κ2) is 11.1. The Balaban J connectivity index is 1.53. The second-order valence-electron chi connectivity index (χ2n) is 7.98. The van der Waals surface area contributed by atoms with Gasteiger partial charge < -0.3 is 24.4 Å². The van der Waals surface area contributed by atoms with Crippen LogP contribution in [-0.4, -0.2) is 69.4 Å². The van der Waals surface area contributed by atoms with Gasteiger partial charge in [-0.1, -0.05) is 0 Å². The molecule has 11 nitrogen and oxygen atoms in total. The van der Waals surface area contributed by atoms with Crippen LogP contribution in [0, 0.1) is 0 Å². The number of nitrogens with one attached hydrogen (secondary N) is 1. The van der Waals surface area contributed by atoms with Gasteiger partial charge in [0.05, 0.1) is 19.0 Å². The lowest BCUT2D eigenvalue weighted by Crippen LogP contribution is -2.42. The SMILES string of the molecule is COC[C@H](C)Oc1cc(Oc2cnc(C(=O)N3CCC3)cn2)cc(C(=O)Nc2ccn(C(F)F)n2)c1. The molecule has 2 aromatic heterocycles. The van der Waals surface area contributed by atoms with Crippen LogP contribution in [0.4, 0.5) is 14.6 Å². The molecule has 3 heterocycles. The quantitative estimate of drug-likeness (QED) is 0.448. The molecule has 3 aromatic rings. The summed E-state index contributed by atoms with van der Waals surface area (Å²) in [5.41, 5.74) is 0.326. The van der Waals surface area contributed by atoms with Gasteiger partial charge in [-0.15, -0.1) is 0 Å². The number of aromatic nitrogens is 4. The van der Waals surface area contributed by atoms with E-state index in [2.05, 4.69) is 20.4 Å². The van der Waals surface area contributed by atoms with Crippen LogP contribution in [0.3, 0.4) is 0 Å². The van der Waals surface area contributed by atoms with Gasteiger partial charge >= 0.3 is 6.55 Å². The number of halogens is 2. The maximum atomic E-state index is 12.8. The van der Waals surface area contributed by atoms with Gasteiger partial charge in [-0.25, -0.2) is 14.6 Å². The summed E-state index contributed by atoms with van der Waals surface area (Å²) in [6.07, 6.45) is 4.31. The molecule has 1 saturated heterocycles. The molecule has 0 radical (unpaired) electrons. The molecule has 190 valence electrons. The number of carbonyl (C=O) groups is 2. The van der Waals surface area contributed by atoms with Crippen LogP contribution >= 0.6 is 0 Å². The summed E-state index contributed by atoms with van der Waals surface area (Å²) in [4.78, 5) is 35.0. The van der Waals surface area contributed by atoms with Gasteiger partial charge in [0.15, 0.2) is 5.82 Å². The number of carbonyl (C=O) groups excluding carboxylic acids is 2. The van der Waals surface area contributed by atoms with Crippen LogP contribution in [0.1, 0.15) is 40.7 Å². The van der Waals surface area contributed by atoms with E-state index in [1.54, 1.807) is 17.9 Å². The number of likely N-dealkylation sites (tertiary alicyclic amines) is 1. The van der Waals surface area contributed by atoms with E-state index >= 15 is 0 Å². The standard InChI is InChI=1S/C23H24F2N6O5/c1-14(13-34-2)35-16-8-15(21(32)28-19-4-7-31(29-19)23(24)25)9-17(10-16)36-20-12-26-18(11-27-20)22(33)30-5-3-6-30/h4,7-12,14,23H,3,5-6,13H2,1-2H3,(H,28,29,32)/t14-/m0/s1. The number of rotatable bonds is 10. The molecular formula is C23H24F2N6O5. The monoisotopic (exact) mass is 502 g/mol. The van der Waals surface area contributed by atoms with E-state index in [1.807, 2.05) is 0 Å². The molecule has 1 aliphatic rings. The van der Waals surface area contributed by atoms with Crippen molar-refractivity contribution in [3.8, 4) is 17.4 Å². The zero-order chi connectivity index (χ0) is 25.7. The Morgan fingerprint density at radius 3 is 2.53 bits per heavy atom. The number of hydrogen-bond donors (Lipinski definition) is 1. The van der Waals surface area contributed by atoms with Crippen LogP contribution in [0.25, 0.3) is 0 Å². The predicted molar refractivity (Wildman–Crippen MR) is 122 cm³/mol. The minimum atomic E-state index is -2.83. The van der Waals surface area contributed by atoms with Crippen LogP contribution in [-0.2, 0) is 4.74 Å². The van der Waals surface area contributed by atoms with E-state index in [0.29, 0.717) is 30.1 Å². The van der Waals surface area contributed by atoms with E-state index < -0.39 is 12.5 Å². The Kier molecular flexibility index (Phi) is 7.68. The normalized spacial score (nSPS) is 13.8. The summed E-state index contributed by atoms with van der Waals surface area (Å²) in [7, 11) is 1.53. The number of hydrogen-bond acceptors (Lipinski definition) is 8. The third-order valence-corrected chi connectivity index (χ3v) is 5.14. The minimum absolute atomic E-state index is 0.0461. The fourth-order valence-corrected chi connectivity index (χ4v) is 3.31. The highest BCUT2D eigenvalue weighted by molar-refractivity contribution is 6.04. The maximum absolute atomic E-state index is 12.8. The highest BCUT2D eigenvalue weighted by atomic mass is 19.3. The molecule has 0 spiro atoms. The molecular weight excluding hydrogens is 478 g/mol. The molecule has 0 bridgehead atoms. The molecule has 0 saturated carbocycles. The van der Waals surface area contributed by atoms with Crippen LogP contribution in [0.5, 0.6) is 17.4 Å². The highest BCUT2D eigenvalue weighted by Gasteiger charge is 2.23. The lowest BCUT2D eigenvalue weighted by molar-refractivity contribution is 0.0568. The molecule has 0 aliphatic carbocycles. The second-order valence-corrected chi connectivity index (χ2v) is 7.98. The number of ether oxygens (including phenoxy) is 3. The van der Waals surface area contributed by atoms with E-state index in [4.69, 9.17) is 14.2 Å². The molecule has 1 aliphatic heterocycles. The Morgan fingerprint density at radius 1 is 1.14 bits per heavy atom. The summed E-state index contributed by atoms with van der Waals surface area (Å²) in [6, 6.07) is 5.70. The number of amides is 2. The number of nitrogens with zero attached hydrogens (tertiary/aromatic N) is 5. The van der Waals surface area contributed by atoms with Crippen molar-refractivity contribution >= 4 is 17.6 Å². The minimum Gasteiger partial charge on any atom is -0.488 e. The van der Waals surface area contributed by atoms with Crippen LogP contribution < -0.4 is 14.8 Å². The first-order valence-corrected chi connectivity index (χ1v) is 11.1. The number of alkyl halides is 2. The molecule has 4 rings (SSSR count). The van der Waals surface area contributed by atoms with Crippen LogP contribution in [0.15, 0.2) is 42.9 Å². The molecule has 1 fully saturated rings. The molecule has 1 N–H and O–H groups in total. The lowest BCUT2D eigenvalue weighted by Gasteiger charge is -2.30. The maximum Gasteiger partial charge on any atom is 0.333 e. The molecule has 2 amide bonds. The fraction of sp³-hybridized carbons (Fsp3) is 0.348. The molecule has 0 unspecified atom stereocenters. The first kappa shape index (κ1) is 25.0. The van der Waals surface area contributed by atoms with E-state index in [9.17, 15) is 18.4 Å². The molecule has 36 heavy (non-hydrogen) atoms.